The maximum absolute atomic E-state index is 12.0. The van der Waals surface area contributed by atoms with Gasteiger partial charge in [0.05, 0.1) is 17.0 Å². The van der Waals surface area contributed by atoms with Gasteiger partial charge in [-0.2, -0.15) is 5.26 Å². The third kappa shape index (κ3) is 3.84. The SMILES string of the molecule is N#Cc1ccccc1NS(=O)(=O)CCc1ccccc1. The normalized spacial score (nSPS) is 10.8. The van der Waals surface area contributed by atoms with Crippen LogP contribution in [0.3, 0.4) is 0 Å². The van der Waals surface area contributed by atoms with E-state index in [1.54, 1.807) is 24.3 Å². The van der Waals surface area contributed by atoms with Gasteiger partial charge in [0.25, 0.3) is 0 Å². The molecule has 20 heavy (non-hydrogen) atoms. The molecule has 2 rings (SSSR count). The van der Waals surface area contributed by atoms with Crippen LogP contribution in [0.1, 0.15) is 11.1 Å². The van der Waals surface area contributed by atoms with Crippen LogP contribution in [0.25, 0.3) is 0 Å². The second-order valence-corrected chi connectivity index (χ2v) is 6.16. The van der Waals surface area contributed by atoms with Crippen molar-refractivity contribution in [3.05, 3.63) is 65.7 Å². The number of aryl methyl sites for hydroxylation is 1. The lowest BCUT2D eigenvalue weighted by Crippen LogP contribution is -2.18. The number of rotatable bonds is 5. The predicted molar refractivity (Wildman–Crippen MR) is 78.7 cm³/mol. The summed E-state index contributed by atoms with van der Waals surface area (Å²) in [5.74, 6) is -0.0171. The molecule has 0 unspecified atom stereocenters. The summed E-state index contributed by atoms with van der Waals surface area (Å²) in [6.45, 7) is 0. The summed E-state index contributed by atoms with van der Waals surface area (Å²) in [6, 6.07) is 17.9. The van der Waals surface area contributed by atoms with Crippen LogP contribution in [0.2, 0.25) is 0 Å². The molecule has 0 aromatic heterocycles. The number of nitriles is 1. The molecule has 2 aromatic carbocycles. The van der Waals surface area contributed by atoms with Crippen LogP contribution in [0.5, 0.6) is 0 Å². The Hall–Kier alpha value is -2.32. The first-order chi connectivity index (χ1) is 9.61. The Morgan fingerprint density at radius 3 is 2.35 bits per heavy atom. The number of nitrogens with zero attached hydrogens (tertiary/aromatic N) is 1. The van der Waals surface area contributed by atoms with Crippen molar-refractivity contribution in [2.24, 2.45) is 0 Å². The zero-order chi connectivity index (χ0) is 14.4. The molecule has 1 N–H and O–H groups in total. The van der Waals surface area contributed by atoms with Gasteiger partial charge in [0.15, 0.2) is 0 Å². The molecule has 4 nitrogen and oxygen atoms in total. The van der Waals surface area contributed by atoms with E-state index in [0.717, 1.165) is 5.56 Å². The van der Waals surface area contributed by atoms with Crippen LogP contribution in [0.4, 0.5) is 5.69 Å². The highest BCUT2D eigenvalue weighted by Crippen LogP contribution is 2.15. The molecule has 102 valence electrons. The summed E-state index contributed by atoms with van der Waals surface area (Å²) >= 11 is 0. The van der Waals surface area contributed by atoms with E-state index in [1.807, 2.05) is 36.4 Å². The fourth-order valence-electron chi connectivity index (χ4n) is 1.79. The van der Waals surface area contributed by atoms with Crippen LogP contribution in [-0.4, -0.2) is 14.2 Å². The molecule has 0 amide bonds. The molecule has 0 saturated heterocycles. The molecule has 2 aromatic rings. The Bertz CT molecular complexity index is 719. The summed E-state index contributed by atoms with van der Waals surface area (Å²) < 4.78 is 26.5. The van der Waals surface area contributed by atoms with Crippen molar-refractivity contribution in [3.8, 4) is 6.07 Å². The number of anilines is 1. The van der Waals surface area contributed by atoms with Gasteiger partial charge in [0, 0.05) is 0 Å². The molecule has 0 saturated carbocycles. The minimum atomic E-state index is -3.47. The Labute approximate surface area is 118 Å². The van der Waals surface area contributed by atoms with E-state index in [0.29, 0.717) is 17.7 Å². The molecule has 0 bridgehead atoms. The van der Waals surface area contributed by atoms with Crippen LogP contribution < -0.4 is 4.72 Å². The van der Waals surface area contributed by atoms with Gasteiger partial charge in [-0.05, 0) is 24.1 Å². The third-order valence-corrected chi connectivity index (χ3v) is 4.09. The maximum Gasteiger partial charge on any atom is 0.233 e. The Morgan fingerprint density at radius 1 is 1.00 bits per heavy atom. The smallest absolute Gasteiger partial charge is 0.233 e. The van der Waals surface area contributed by atoms with Gasteiger partial charge < -0.3 is 0 Å². The van der Waals surface area contributed by atoms with Crippen molar-refractivity contribution >= 4 is 15.7 Å². The second-order valence-electron chi connectivity index (χ2n) is 4.31. The maximum atomic E-state index is 12.0. The van der Waals surface area contributed by atoms with Crippen molar-refractivity contribution in [1.29, 1.82) is 5.26 Å². The summed E-state index contributed by atoms with van der Waals surface area (Å²) in [5.41, 5.74) is 1.60. The average Bonchev–Trinajstić information content (AvgIpc) is 2.47. The van der Waals surface area contributed by atoms with E-state index >= 15 is 0 Å². The van der Waals surface area contributed by atoms with Crippen LogP contribution in [-0.2, 0) is 16.4 Å². The molecule has 0 radical (unpaired) electrons. The Kier molecular flexibility index (Phi) is 4.38. The Morgan fingerprint density at radius 2 is 1.65 bits per heavy atom. The minimum Gasteiger partial charge on any atom is -0.282 e. The molecule has 0 heterocycles. The highest BCUT2D eigenvalue weighted by atomic mass is 32.2. The largest absolute Gasteiger partial charge is 0.282 e. The molecule has 0 atom stereocenters. The highest BCUT2D eigenvalue weighted by Gasteiger charge is 2.12. The first kappa shape index (κ1) is 14.1. The summed E-state index contributed by atoms with van der Waals surface area (Å²) in [6.07, 6.45) is 0.435. The molecule has 0 fully saturated rings. The van der Waals surface area contributed by atoms with Crippen LogP contribution >= 0.6 is 0 Å². The summed E-state index contributed by atoms with van der Waals surface area (Å²) in [4.78, 5) is 0. The molecule has 0 aliphatic heterocycles. The molecule has 0 aliphatic rings. The lowest BCUT2D eigenvalue weighted by atomic mass is 10.2. The summed E-state index contributed by atoms with van der Waals surface area (Å²) in [7, 11) is -3.47. The fraction of sp³-hybridized carbons (Fsp3) is 0.133. The third-order valence-electron chi connectivity index (χ3n) is 2.82. The quantitative estimate of drug-likeness (QED) is 0.918. The fourth-order valence-corrected chi connectivity index (χ4v) is 2.90. The summed E-state index contributed by atoms with van der Waals surface area (Å²) in [5, 5.41) is 8.94. The second kappa shape index (κ2) is 6.22. The monoisotopic (exact) mass is 286 g/mol. The lowest BCUT2D eigenvalue weighted by molar-refractivity contribution is 0.600. The van der Waals surface area contributed by atoms with Crippen molar-refractivity contribution in [3.63, 3.8) is 0 Å². The number of benzene rings is 2. The van der Waals surface area contributed by atoms with E-state index in [9.17, 15) is 8.42 Å². The van der Waals surface area contributed by atoms with Gasteiger partial charge in [-0.15, -0.1) is 0 Å². The van der Waals surface area contributed by atoms with E-state index < -0.39 is 10.0 Å². The number of para-hydroxylation sites is 1. The first-order valence-corrected chi connectivity index (χ1v) is 7.79. The topological polar surface area (TPSA) is 70.0 Å². The molecular weight excluding hydrogens is 272 g/mol. The molecular formula is C15H14N2O2S. The average molecular weight is 286 g/mol. The van der Waals surface area contributed by atoms with Crippen molar-refractivity contribution in [2.75, 3.05) is 10.5 Å². The zero-order valence-corrected chi connectivity index (χ0v) is 11.6. The van der Waals surface area contributed by atoms with Crippen molar-refractivity contribution in [2.45, 2.75) is 6.42 Å². The van der Waals surface area contributed by atoms with Crippen molar-refractivity contribution in [1.82, 2.24) is 0 Å². The van der Waals surface area contributed by atoms with Gasteiger partial charge in [0.2, 0.25) is 10.0 Å². The van der Waals surface area contributed by atoms with Gasteiger partial charge in [-0.25, -0.2) is 8.42 Å². The van der Waals surface area contributed by atoms with Crippen LogP contribution in [0.15, 0.2) is 54.6 Å². The number of sulfonamides is 1. The highest BCUT2D eigenvalue weighted by molar-refractivity contribution is 7.92. The van der Waals surface area contributed by atoms with E-state index in [-0.39, 0.29) is 5.75 Å². The van der Waals surface area contributed by atoms with E-state index in [1.165, 1.54) is 0 Å². The van der Waals surface area contributed by atoms with E-state index in [2.05, 4.69) is 4.72 Å². The minimum absolute atomic E-state index is 0.0171. The number of hydrogen-bond donors (Lipinski definition) is 1. The molecule has 0 aliphatic carbocycles. The zero-order valence-electron chi connectivity index (χ0n) is 10.8. The van der Waals surface area contributed by atoms with Gasteiger partial charge in [-0.3, -0.25) is 4.72 Å². The van der Waals surface area contributed by atoms with E-state index in [4.69, 9.17) is 5.26 Å². The molecule has 0 spiro atoms. The van der Waals surface area contributed by atoms with Crippen LogP contribution in [0, 0.1) is 11.3 Å². The van der Waals surface area contributed by atoms with Gasteiger partial charge >= 0.3 is 0 Å². The predicted octanol–water partition coefficient (Wildman–Crippen LogP) is 2.54. The number of hydrogen-bond acceptors (Lipinski definition) is 3. The van der Waals surface area contributed by atoms with Gasteiger partial charge in [-0.1, -0.05) is 42.5 Å². The van der Waals surface area contributed by atoms with Crippen molar-refractivity contribution < 1.29 is 8.42 Å². The standard InChI is InChI=1S/C15H14N2O2S/c16-12-14-8-4-5-9-15(14)17-20(18,19)11-10-13-6-2-1-3-7-13/h1-9,17H,10-11H2. The first-order valence-electron chi connectivity index (χ1n) is 6.14. The Balaban J connectivity index is 2.06. The lowest BCUT2D eigenvalue weighted by Gasteiger charge is -2.09. The van der Waals surface area contributed by atoms with Gasteiger partial charge in [0.1, 0.15) is 6.07 Å². The number of nitrogens with one attached hydrogen (secondary N) is 1. The molecule has 5 heteroatoms.